The van der Waals surface area contributed by atoms with Gasteiger partial charge in [-0.15, -0.1) is 0 Å². The summed E-state index contributed by atoms with van der Waals surface area (Å²) in [6, 6.07) is 6.59. The Hall–Kier alpha value is -3.10. The van der Waals surface area contributed by atoms with E-state index in [2.05, 4.69) is 30.2 Å². The van der Waals surface area contributed by atoms with E-state index in [9.17, 15) is 8.78 Å². The van der Waals surface area contributed by atoms with Crippen molar-refractivity contribution in [2.24, 2.45) is 0 Å². The third kappa shape index (κ3) is 4.50. The molecule has 26 heavy (non-hydrogen) atoms. The molecule has 0 saturated carbocycles. The third-order valence-corrected chi connectivity index (χ3v) is 3.44. The van der Waals surface area contributed by atoms with E-state index in [4.69, 9.17) is 4.52 Å². The maximum absolute atomic E-state index is 12.1. The number of hydrogen-bond donors (Lipinski definition) is 1. The van der Waals surface area contributed by atoms with E-state index in [1.165, 1.54) is 12.3 Å². The molecule has 3 rings (SSSR count). The predicted molar refractivity (Wildman–Crippen MR) is 89.8 cm³/mol. The molecular formula is C17H17F2N5O2. The molecule has 1 N–H and O–H groups in total. The Morgan fingerprint density at radius 2 is 2.04 bits per heavy atom. The lowest BCUT2D eigenvalue weighted by Crippen LogP contribution is -2.05. The summed E-state index contributed by atoms with van der Waals surface area (Å²) in [5.74, 6) is 1.85. The van der Waals surface area contributed by atoms with Gasteiger partial charge in [-0.2, -0.15) is 13.8 Å². The van der Waals surface area contributed by atoms with Crippen LogP contribution < -0.4 is 10.1 Å². The molecule has 3 heterocycles. The van der Waals surface area contributed by atoms with Crippen LogP contribution in [0.5, 0.6) is 5.75 Å². The predicted octanol–water partition coefficient (Wildman–Crippen LogP) is 3.86. The highest BCUT2D eigenvalue weighted by Gasteiger charge is 2.12. The van der Waals surface area contributed by atoms with E-state index in [0.29, 0.717) is 29.8 Å². The van der Waals surface area contributed by atoms with Gasteiger partial charge in [0.2, 0.25) is 0 Å². The monoisotopic (exact) mass is 361 g/mol. The molecule has 0 bridgehead atoms. The zero-order valence-corrected chi connectivity index (χ0v) is 14.2. The number of ether oxygens (including phenoxy) is 1. The smallest absolute Gasteiger partial charge is 0.387 e. The van der Waals surface area contributed by atoms with Gasteiger partial charge in [0, 0.05) is 17.7 Å². The van der Waals surface area contributed by atoms with Crippen LogP contribution in [0.2, 0.25) is 0 Å². The highest BCUT2D eigenvalue weighted by Crippen LogP contribution is 2.22. The molecule has 136 valence electrons. The minimum absolute atomic E-state index is 0.0150. The second-order valence-corrected chi connectivity index (χ2v) is 5.76. The van der Waals surface area contributed by atoms with E-state index in [-0.39, 0.29) is 11.7 Å². The molecule has 0 aliphatic carbocycles. The van der Waals surface area contributed by atoms with Crippen LogP contribution in [0.15, 0.2) is 41.2 Å². The van der Waals surface area contributed by atoms with Crippen molar-refractivity contribution in [1.82, 2.24) is 20.1 Å². The standard InChI is InChI=1S/C17H17F2N5O2/c1-10(2)15-23-16(26-24-15)11-5-6-20-14(7-11)22-8-12-3-4-13(9-21-12)25-17(18)19/h3-7,9-10,17H,8H2,1-2H3,(H,20,22). The molecule has 0 atom stereocenters. The quantitative estimate of drug-likeness (QED) is 0.684. The normalized spacial score (nSPS) is 11.2. The van der Waals surface area contributed by atoms with Crippen LogP contribution in [-0.2, 0) is 6.54 Å². The molecule has 7 nitrogen and oxygen atoms in total. The first-order chi connectivity index (χ1) is 12.5. The number of rotatable bonds is 7. The summed E-state index contributed by atoms with van der Waals surface area (Å²) in [4.78, 5) is 12.6. The van der Waals surface area contributed by atoms with Gasteiger partial charge in [0.15, 0.2) is 5.82 Å². The molecule has 0 saturated heterocycles. The number of pyridine rings is 2. The van der Waals surface area contributed by atoms with E-state index < -0.39 is 6.61 Å². The van der Waals surface area contributed by atoms with Gasteiger partial charge < -0.3 is 14.6 Å². The van der Waals surface area contributed by atoms with Crippen molar-refractivity contribution in [2.75, 3.05) is 5.32 Å². The molecule has 0 unspecified atom stereocenters. The molecular weight excluding hydrogens is 344 g/mol. The fourth-order valence-electron chi connectivity index (χ4n) is 2.12. The van der Waals surface area contributed by atoms with Crippen LogP contribution in [-0.4, -0.2) is 26.7 Å². The Labute approximate surface area is 148 Å². The van der Waals surface area contributed by atoms with Crippen LogP contribution in [0.1, 0.15) is 31.3 Å². The average Bonchev–Trinajstić information content (AvgIpc) is 3.11. The van der Waals surface area contributed by atoms with Crippen molar-refractivity contribution >= 4 is 5.82 Å². The lowest BCUT2D eigenvalue weighted by atomic mass is 10.2. The molecule has 0 fully saturated rings. The molecule has 0 amide bonds. The van der Waals surface area contributed by atoms with Gasteiger partial charge >= 0.3 is 6.61 Å². The maximum Gasteiger partial charge on any atom is 0.387 e. The van der Waals surface area contributed by atoms with Crippen molar-refractivity contribution < 1.29 is 18.0 Å². The Bertz CT molecular complexity index is 852. The minimum atomic E-state index is -2.87. The van der Waals surface area contributed by atoms with Gasteiger partial charge in [-0.05, 0) is 24.3 Å². The van der Waals surface area contributed by atoms with Gasteiger partial charge in [-0.25, -0.2) is 4.98 Å². The van der Waals surface area contributed by atoms with E-state index in [0.717, 1.165) is 5.56 Å². The largest absolute Gasteiger partial charge is 0.433 e. The number of anilines is 1. The highest BCUT2D eigenvalue weighted by atomic mass is 19.3. The number of hydrogen-bond acceptors (Lipinski definition) is 7. The summed E-state index contributed by atoms with van der Waals surface area (Å²) in [5, 5.41) is 7.05. The van der Waals surface area contributed by atoms with E-state index in [1.807, 2.05) is 13.8 Å². The zero-order valence-electron chi connectivity index (χ0n) is 14.2. The summed E-state index contributed by atoms with van der Waals surface area (Å²) in [5.41, 5.74) is 1.40. The van der Waals surface area contributed by atoms with Crippen molar-refractivity contribution in [3.8, 4) is 17.2 Å². The first-order valence-electron chi connectivity index (χ1n) is 7.95. The minimum Gasteiger partial charge on any atom is -0.433 e. The Morgan fingerprint density at radius 1 is 1.19 bits per heavy atom. The molecule has 9 heteroatoms. The first kappa shape index (κ1) is 17.7. The van der Waals surface area contributed by atoms with Gasteiger partial charge in [0.25, 0.3) is 5.89 Å². The number of halogens is 2. The van der Waals surface area contributed by atoms with Crippen LogP contribution in [0.25, 0.3) is 11.5 Å². The number of alkyl halides is 2. The zero-order chi connectivity index (χ0) is 18.5. The van der Waals surface area contributed by atoms with Crippen molar-refractivity contribution in [3.05, 3.63) is 48.2 Å². The Balaban J connectivity index is 1.65. The van der Waals surface area contributed by atoms with Crippen LogP contribution >= 0.6 is 0 Å². The van der Waals surface area contributed by atoms with Gasteiger partial charge in [0.1, 0.15) is 11.6 Å². The summed E-state index contributed by atoms with van der Waals surface area (Å²) in [6.07, 6.45) is 2.88. The van der Waals surface area contributed by atoms with E-state index in [1.54, 1.807) is 24.4 Å². The van der Waals surface area contributed by atoms with Crippen LogP contribution in [0.3, 0.4) is 0 Å². The van der Waals surface area contributed by atoms with E-state index >= 15 is 0 Å². The molecule has 0 aliphatic heterocycles. The topological polar surface area (TPSA) is 86.0 Å². The second-order valence-electron chi connectivity index (χ2n) is 5.76. The Kier molecular flexibility index (Phi) is 5.35. The first-order valence-corrected chi connectivity index (χ1v) is 7.95. The molecule has 3 aromatic heterocycles. The SMILES string of the molecule is CC(C)c1noc(-c2ccnc(NCc3ccc(OC(F)F)cn3)c2)n1. The molecule has 0 spiro atoms. The fourth-order valence-corrected chi connectivity index (χ4v) is 2.12. The van der Waals surface area contributed by atoms with Crippen molar-refractivity contribution in [3.63, 3.8) is 0 Å². The maximum atomic E-state index is 12.1. The van der Waals surface area contributed by atoms with Crippen LogP contribution in [0.4, 0.5) is 14.6 Å². The lowest BCUT2D eigenvalue weighted by molar-refractivity contribution is -0.0500. The number of aromatic nitrogens is 4. The van der Waals surface area contributed by atoms with Crippen molar-refractivity contribution in [1.29, 1.82) is 0 Å². The number of nitrogens with one attached hydrogen (secondary N) is 1. The molecule has 0 aromatic carbocycles. The summed E-state index contributed by atoms with van der Waals surface area (Å²) >= 11 is 0. The molecule has 3 aromatic rings. The highest BCUT2D eigenvalue weighted by molar-refractivity contribution is 5.57. The van der Waals surface area contributed by atoms with Crippen molar-refractivity contribution in [2.45, 2.75) is 32.9 Å². The van der Waals surface area contributed by atoms with Gasteiger partial charge in [-0.3, -0.25) is 4.98 Å². The summed E-state index contributed by atoms with van der Waals surface area (Å²) in [6.45, 7) is 1.47. The second kappa shape index (κ2) is 7.85. The summed E-state index contributed by atoms with van der Waals surface area (Å²) in [7, 11) is 0. The van der Waals surface area contributed by atoms with Crippen LogP contribution in [0, 0.1) is 0 Å². The van der Waals surface area contributed by atoms with Gasteiger partial charge in [-0.1, -0.05) is 19.0 Å². The average molecular weight is 361 g/mol. The Morgan fingerprint density at radius 3 is 2.69 bits per heavy atom. The lowest BCUT2D eigenvalue weighted by Gasteiger charge is -2.07. The fraction of sp³-hybridized carbons (Fsp3) is 0.294. The van der Waals surface area contributed by atoms with Gasteiger partial charge in [0.05, 0.1) is 18.4 Å². The molecule has 0 aliphatic rings. The third-order valence-electron chi connectivity index (χ3n) is 3.44. The number of nitrogens with zero attached hydrogens (tertiary/aromatic N) is 4. The molecule has 0 radical (unpaired) electrons. The summed E-state index contributed by atoms with van der Waals surface area (Å²) < 4.78 is 33.8.